The number of hydrogen-bond donors (Lipinski definition) is 2. The first-order valence-electron chi connectivity index (χ1n) is 7.29. The van der Waals surface area contributed by atoms with Crippen LogP contribution < -0.4 is 5.32 Å². The van der Waals surface area contributed by atoms with Crippen molar-refractivity contribution in [2.75, 3.05) is 0 Å². The van der Waals surface area contributed by atoms with Gasteiger partial charge in [-0.1, -0.05) is 43.2 Å². The number of aliphatic hydroxyl groups excluding tert-OH is 1. The Bertz CT molecular complexity index is 445. The molecule has 1 aromatic carbocycles. The Kier molecular flexibility index (Phi) is 3.56. The van der Waals surface area contributed by atoms with Crippen LogP contribution in [0.3, 0.4) is 0 Å². The molecular formula is C16H21NO2. The predicted molar refractivity (Wildman–Crippen MR) is 73.7 cm³/mol. The van der Waals surface area contributed by atoms with E-state index in [1.807, 2.05) is 18.2 Å². The zero-order chi connectivity index (χ0) is 13.2. The van der Waals surface area contributed by atoms with Gasteiger partial charge in [0.1, 0.15) is 0 Å². The summed E-state index contributed by atoms with van der Waals surface area (Å²) in [5, 5.41) is 12.9. The molecule has 4 atom stereocenters. The van der Waals surface area contributed by atoms with Gasteiger partial charge in [0.2, 0.25) is 5.91 Å². The second-order valence-electron chi connectivity index (χ2n) is 5.83. The third kappa shape index (κ3) is 2.81. The summed E-state index contributed by atoms with van der Waals surface area (Å²) in [6.07, 6.45) is 4.50. The molecule has 2 aliphatic rings. The smallest absolute Gasteiger partial charge is 0.224 e. The molecule has 19 heavy (non-hydrogen) atoms. The van der Waals surface area contributed by atoms with Crippen molar-refractivity contribution in [2.24, 2.45) is 5.92 Å². The van der Waals surface area contributed by atoms with Gasteiger partial charge in [-0.25, -0.2) is 0 Å². The molecule has 3 rings (SSSR count). The Morgan fingerprint density at radius 3 is 2.63 bits per heavy atom. The summed E-state index contributed by atoms with van der Waals surface area (Å²) in [7, 11) is 0. The van der Waals surface area contributed by atoms with Gasteiger partial charge in [0.05, 0.1) is 12.1 Å². The van der Waals surface area contributed by atoms with E-state index in [1.54, 1.807) is 0 Å². The first-order valence-corrected chi connectivity index (χ1v) is 7.29. The predicted octanol–water partition coefficient (Wildman–Crippen LogP) is 2.21. The number of carbonyl (C=O) groups is 1. The molecule has 2 fully saturated rings. The van der Waals surface area contributed by atoms with E-state index in [9.17, 15) is 9.90 Å². The van der Waals surface area contributed by atoms with Crippen LogP contribution in [0.4, 0.5) is 0 Å². The lowest BCUT2D eigenvalue weighted by Gasteiger charge is -2.28. The van der Waals surface area contributed by atoms with Crippen LogP contribution in [0.5, 0.6) is 0 Å². The van der Waals surface area contributed by atoms with Gasteiger partial charge in [0.25, 0.3) is 0 Å². The highest BCUT2D eigenvalue weighted by Gasteiger charge is 2.44. The molecule has 1 amide bonds. The van der Waals surface area contributed by atoms with Crippen molar-refractivity contribution in [3.05, 3.63) is 35.9 Å². The Labute approximate surface area is 114 Å². The summed E-state index contributed by atoms with van der Waals surface area (Å²) in [5.41, 5.74) is 1.26. The first kappa shape index (κ1) is 12.7. The average molecular weight is 259 g/mol. The summed E-state index contributed by atoms with van der Waals surface area (Å²) in [6, 6.07) is 10.2. The standard InChI is InChI=1S/C16H21NO2/c18-15-9-5-4-8-14(15)17-16(19)13-10-12(13)11-6-2-1-3-7-11/h1-3,6-7,12-15,18H,4-5,8-10H2,(H,17,19). The molecule has 4 unspecified atom stereocenters. The zero-order valence-corrected chi connectivity index (χ0v) is 11.1. The lowest BCUT2D eigenvalue weighted by Crippen LogP contribution is -2.45. The normalized spacial score (nSPS) is 33.7. The van der Waals surface area contributed by atoms with Crippen molar-refractivity contribution in [3.8, 4) is 0 Å². The molecule has 3 nitrogen and oxygen atoms in total. The molecule has 1 aromatic rings. The minimum Gasteiger partial charge on any atom is -0.391 e. The van der Waals surface area contributed by atoms with Gasteiger partial charge < -0.3 is 10.4 Å². The molecule has 0 aliphatic heterocycles. The zero-order valence-electron chi connectivity index (χ0n) is 11.1. The molecule has 0 saturated heterocycles. The topological polar surface area (TPSA) is 49.3 Å². The summed E-state index contributed by atoms with van der Waals surface area (Å²) < 4.78 is 0. The first-order chi connectivity index (χ1) is 9.25. The van der Waals surface area contributed by atoms with Crippen LogP contribution in [0.1, 0.15) is 43.6 Å². The quantitative estimate of drug-likeness (QED) is 0.874. The van der Waals surface area contributed by atoms with Crippen molar-refractivity contribution in [1.82, 2.24) is 5.32 Å². The van der Waals surface area contributed by atoms with Gasteiger partial charge in [-0.2, -0.15) is 0 Å². The fourth-order valence-corrected chi connectivity index (χ4v) is 3.12. The number of rotatable bonds is 3. The summed E-state index contributed by atoms with van der Waals surface area (Å²) >= 11 is 0. The van der Waals surface area contributed by atoms with Crippen LogP contribution in [0, 0.1) is 5.92 Å². The van der Waals surface area contributed by atoms with Gasteiger partial charge in [-0.3, -0.25) is 4.79 Å². The van der Waals surface area contributed by atoms with Crippen molar-refractivity contribution in [2.45, 2.75) is 50.2 Å². The van der Waals surface area contributed by atoms with Crippen LogP contribution in [-0.2, 0) is 4.79 Å². The summed E-state index contributed by atoms with van der Waals surface area (Å²) in [5.74, 6) is 0.610. The maximum atomic E-state index is 12.2. The molecule has 0 bridgehead atoms. The molecule has 0 aromatic heterocycles. The fourth-order valence-electron chi connectivity index (χ4n) is 3.12. The molecule has 0 spiro atoms. The number of benzene rings is 1. The number of amides is 1. The molecule has 0 radical (unpaired) electrons. The lowest BCUT2D eigenvalue weighted by atomic mass is 9.92. The van der Waals surface area contributed by atoms with Crippen LogP contribution in [-0.4, -0.2) is 23.2 Å². The van der Waals surface area contributed by atoms with E-state index >= 15 is 0 Å². The third-order valence-corrected chi connectivity index (χ3v) is 4.41. The van der Waals surface area contributed by atoms with Gasteiger partial charge in [0.15, 0.2) is 0 Å². The Balaban J connectivity index is 1.55. The van der Waals surface area contributed by atoms with Gasteiger partial charge in [-0.05, 0) is 30.7 Å². The van der Waals surface area contributed by atoms with Gasteiger partial charge in [-0.15, -0.1) is 0 Å². The molecule has 2 saturated carbocycles. The van der Waals surface area contributed by atoms with E-state index in [-0.39, 0.29) is 24.0 Å². The second kappa shape index (κ2) is 5.33. The minimum atomic E-state index is -0.355. The van der Waals surface area contributed by atoms with Gasteiger partial charge >= 0.3 is 0 Å². The monoisotopic (exact) mass is 259 g/mol. The van der Waals surface area contributed by atoms with E-state index in [2.05, 4.69) is 17.4 Å². The van der Waals surface area contributed by atoms with E-state index < -0.39 is 0 Å². The number of nitrogens with one attached hydrogen (secondary N) is 1. The van der Waals surface area contributed by atoms with Crippen molar-refractivity contribution >= 4 is 5.91 Å². The summed E-state index contributed by atoms with van der Waals surface area (Å²) in [4.78, 5) is 12.2. The molecule has 102 valence electrons. The largest absolute Gasteiger partial charge is 0.391 e. The molecule has 3 heteroatoms. The highest BCUT2D eigenvalue weighted by Crippen LogP contribution is 2.47. The van der Waals surface area contributed by atoms with E-state index in [0.717, 1.165) is 32.1 Å². The molecule has 2 N–H and O–H groups in total. The lowest BCUT2D eigenvalue weighted by molar-refractivity contribution is -0.124. The van der Waals surface area contributed by atoms with Crippen LogP contribution in [0.15, 0.2) is 30.3 Å². The van der Waals surface area contributed by atoms with Crippen LogP contribution >= 0.6 is 0 Å². The number of carbonyl (C=O) groups excluding carboxylic acids is 1. The van der Waals surface area contributed by atoms with E-state index in [1.165, 1.54) is 5.56 Å². The maximum Gasteiger partial charge on any atom is 0.224 e. The third-order valence-electron chi connectivity index (χ3n) is 4.41. The van der Waals surface area contributed by atoms with Crippen molar-refractivity contribution in [3.63, 3.8) is 0 Å². The highest BCUT2D eigenvalue weighted by molar-refractivity contribution is 5.83. The van der Waals surface area contributed by atoms with Crippen LogP contribution in [0.25, 0.3) is 0 Å². The molecular weight excluding hydrogens is 238 g/mol. The minimum absolute atomic E-state index is 0.0294. The van der Waals surface area contributed by atoms with E-state index in [0.29, 0.717) is 5.92 Å². The molecule has 2 aliphatic carbocycles. The van der Waals surface area contributed by atoms with E-state index in [4.69, 9.17) is 0 Å². The fraction of sp³-hybridized carbons (Fsp3) is 0.562. The Morgan fingerprint density at radius 1 is 1.16 bits per heavy atom. The van der Waals surface area contributed by atoms with Gasteiger partial charge in [0, 0.05) is 5.92 Å². The van der Waals surface area contributed by atoms with Crippen molar-refractivity contribution in [1.29, 1.82) is 0 Å². The maximum absolute atomic E-state index is 12.2. The number of hydrogen-bond acceptors (Lipinski definition) is 2. The molecule has 0 heterocycles. The highest BCUT2D eigenvalue weighted by atomic mass is 16.3. The SMILES string of the molecule is O=C(NC1CCCCC1O)C1CC1c1ccccc1. The average Bonchev–Trinajstić information content (AvgIpc) is 3.23. The Hall–Kier alpha value is -1.35. The second-order valence-corrected chi connectivity index (χ2v) is 5.83. The number of aliphatic hydroxyl groups is 1. The summed E-state index contributed by atoms with van der Waals surface area (Å²) in [6.45, 7) is 0. The van der Waals surface area contributed by atoms with Crippen LogP contribution in [0.2, 0.25) is 0 Å². The van der Waals surface area contributed by atoms with Crippen molar-refractivity contribution < 1.29 is 9.90 Å². The Morgan fingerprint density at radius 2 is 1.89 bits per heavy atom.